The maximum Gasteiger partial charge on any atom is 0.278 e. The topological polar surface area (TPSA) is 79.4 Å². The molecule has 3 aromatic carbocycles. The monoisotopic (exact) mass is 471 g/mol. The number of benzene rings is 3. The Bertz CT molecular complexity index is 1310. The standard InChI is InChI=1S/C27H25N3O5/c31-24-5-2-6-25(32)30(24)29-22-11-12-23(20-3-1-4-21(26(20)22)27(29)33)35-19-9-7-18(8-10-19)17-28-13-15-34-16-14-28/h1,3-4,7-12H,2,5-6,13-17H2. The van der Waals surface area contributed by atoms with Gasteiger partial charge in [0, 0.05) is 43.2 Å². The lowest BCUT2D eigenvalue weighted by Crippen LogP contribution is -2.53. The molecule has 3 heterocycles. The Kier molecular flexibility index (Phi) is 5.47. The highest BCUT2D eigenvalue weighted by molar-refractivity contribution is 6.27. The number of amides is 3. The van der Waals surface area contributed by atoms with Gasteiger partial charge in [0.25, 0.3) is 5.91 Å². The molecule has 2 saturated heterocycles. The second-order valence-corrected chi connectivity index (χ2v) is 9.02. The van der Waals surface area contributed by atoms with E-state index in [2.05, 4.69) is 17.0 Å². The Morgan fingerprint density at radius 1 is 0.829 bits per heavy atom. The quantitative estimate of drug-likeness (QED) is 0.526. The van der Waals surface area contributed by atoms with Crippen molar-refractivity contribution >= 4 is 34.2 Å². The van der Waals surface area contributed by atoms with Gasteiger partial charge in [-0.3, -0.25) is 19.3 Å². The van der Waals surface area contributed by atoms with Crippen molar-refractivity contribution in [3.05, 3.63) is 65.7 Å². The Labute approximate surface area is 202 Å². The minimum Gasteiger partial charge on any atom is -0.457 e. The average molecular weight is 472 g/mol. The predicted molar refractivity (Wildman–Crippen MR) is 129 cm³/mol. The van der Waals surface area contributed by atoms with Crippen molar-refractivity contribution in [3.8, 4) is 11.5 Å². The number of hydrazine groups is 1. The molecule has 0 aromatic heterocycles. The first-order valence-corrected chi connectivity index (χ1v) is 11.9. The molecule has 0 atom stereocenters. The van der Waals surface area contributed by atoms with Crippen LogP contribution in [-0.4, -0.2) is 53.9 Å². The number of rotatable bonds is 5. The molecule has 6 rings (SSSR count). The van der Waals surface area contributed by atoms with Crippen molar-refractivity contribution < 1.29 is 23.9 Å². The van der Waals surface area contributed by atoms with E-state index in [-0.39, 0.29) is 30.6 Å². The van der Waals surface area contributed by atoms with Crippen LogP contribution in [0.3, 0.4) is 0 Å². The summed E-state index contributed by atoms with van der Waals surface area (Å²) in [5, 5.41) is 3.68. The first kappa shape index (κ1) is 21.8. The van der Waals surface area contributed by atoms with Gasteiger partial charge in [-0.2, -0.15) is 5.01 Å². The molecule has 0 spiro atoms. The number of imide groups is 1. The number of hydrogen-bond acceptors (Lipinski definition) is 6. The number of carbonyl (C=O) groups is 3. The second kappa shape index (κ2) is 8.79. The van der Waals surface area contributed by atoms with Crippen LogP contribution in [-0.2, 0) is 20.9 Å². The average Bonchev–Trinajstić information content (AvgIpc) is 3.15. The van der Waals surface area contributed by atoms with Crippen LogP contribution in [0.2, 0.25) is 0 Å². The summed E-state index contributed by atoms with van der Waals surface area (Å²) in [6, 6.07) is 16.9. The number of hydrogen-bond donors (Lipinski definition) is 0. The third-order valence-corrected chi connectivity index (χ3v) is 6.74. The van der Waals surface area contributed by atoms with Crippen molar-refractivity contribution in [1.29, 1.82) is 0 Å². The zero-order chi connectivity index (χ0) is 23.9. The fraction of sp³-hybridized carbons (Fsp3) is 0.296. The Morgan fingerprint density at radius 2 is 1.57 bits per heavy atom. The molecule has 3 aromatic rings. The summed E-state index contributed by atoms with van der Waals surface area (Å²) in [4.78, 5) is 40.7. The maximum atomic E-state index is 13.3. The zero-order valence-electron chi connectivity index (χ0n) is 19.2. The summed E-state index contributed by atoms with van der Waals surface area (Å²) < 4.78 is 11.6. The minimum atomic E-state index is -0.376. The molecule has 3 aliphatic heterocycles. The van der Waals surface area contributed by atoms with Gasteiger partial charge in [-0.25, -0.2) is 5.01 Å². The van der Waals surface area contributed by atoms with Crippen molar-refractivity contribution in [1.82, 2.24) is 9.91 Å². The summed E-state index contributed by atoms with van der Waals surface area (Å²) in [6.45, 7) is 4.28. The van der Waals surface area contributed by atoms with E-state index >= 15 is 0 Å². The molecule has 0 radical (unpaired) electrons. The van der Waals surface area contributed by atoms with Crippen LogP contribution < -0.4 is 9.75 Å². The number of carbonyl (C=O) groups excluding carboxylic acids is 3. The molecule has 35 heavy (non-hydrogen) atoms. The van der Waals surface area contributed by atoms with E-state index in [1.54, 1.807) is 24.3 Å². The SMILES string of the molecule is O=C1CCCC(=O)N1N1C(=O)c2cccc3c(Oc4ccc(CN5CCOCC5)cc4)ccc1c23. The van der Waals surface area contributed by atoms with E-state index < -0.39 is 0 Å². The van der Waals surface area contributed by atoms with E-state index in [4.69, 9.17) is 9.47 Å². The van der Waals surface area contributed by atoms with E-state index in [0.29, 0.717) is 34.6 Å². The summed E-state index contributed by atoms with van der Waals surface area (Å²) in [7, 11) is 0. The number of nitrogens with zero attached hydrogens (tertiary/aromatic N) is 3. The third-order valence-electron chi connectivity index (χ3n) is 6.74. The van der Waals surface area contributed by atoms with Crippen LogP contribution in [0, 0.1) is 0 Å². The third kappa shape index (κ3) is 3.84. The lowest BCUT2D eigenvalue weighted by molar-refractivity contribution is -0.148. The van der Waals surface area contributed by atoms with Crippen LogP contribution in [0.1, 0.15) is 35.2 Å². The van der Waals surface area contributed by atoms with Crippen LogP contribution in [0.15, 0.2) is 54.6 Å². The molecule has 178 valence electrons. The maximum absolute atomic E-state index is 13.3. The smallest absolute Gasteiger partial charge is 0.278 e. The lowest BCUT2D eigenvalue weighted by atomic mass is 10.0. The Hall–Kier alpha value is -3.75. The van der Waals surface area contributed by atoms with Crippen molar-refractivity contribution in [2.75, 3.05) is 31.3 Å². The van der Waals surface area contributed by atoms with Gasteiger partial charge in [0.2, 0.25) is 11.8 Å². The first-order chi connectivity index (χ1) is 17.1. The van der Waals surface area contributed by atoms with Gasteiger partial charge in [0.05, 0.1) is 24.5 Å². The molecule has 2 fully saturated rings. The van der Waals surface area contributed by atoms with Crippen LogP contribution in [0.5, 0.6) is 11.5 Å². The Balaban J connectivity index is 1.29. The summed E-state index contributed by atoms with van der Waals surface area (Å²) in [5.74, 6) is 0.219. The van der Waals surface area contributed by atoms with Crippen LogP contribution in [0.25, 0.3) is 10.8 Å². The molecule has 3 amide bonds. The molecule has 0 unspecified atom stereocenters. The normalized spacial score (nSPS) is 18.6. The second-order valence-electron chi connectivity index (χ2n) is 9.02. The van der Waals surface area contributed by atoms with E-state index in [1.807, 2.05) is 18.2 Å². The van der Waals surface area contributed by atoms with Gasteiger partial charge in [-0.15, -0.1) is 0 Å². The van der Waals surface area contributed by atoms with Gasteiger partial charge in [-0.05, 0) is 42.3 Å². The van der Waals surface area contributed by atoms with E-state index in [9.17, 15) is 14.4 Å². The molecule has 8 heteroatoms. The van der Waals surface area contributed by atoms with Gasteiger partial charge in [0.15, 0.2) is 0 Å². The highest BCUT2D eigenvalue weighted by Crippen LogP contribution is 2.43. The molecule has 0 saturated carbocycles. The zero-order valence-corrected chi connectivity index (χ0v) is 19.2. The molecular weight excluding hydrogens is 446 g/mol. The van der Waals surface area contributed by atoms with E-state index in [0.717, 1.165) is 43.2 Å². The first-order valence-electron chi connectivity index (χ1n) is 11.9. The Morgan fingerprint density at radius 3 is 2.31 bits per heavy atom. The highest BCUT2D eigenvalue weighted by Gasteiger charge is 2.41. The fourth-order valence-corrected chi connectivity index (χ4v) is 5.00. The predicted octanol–water partition coefficient (Wildman–Crippen LogP) is 3.88. The van der Waals surface area contributed by atoms with Crippen molar-refractivity contribution in [3.63, 3.8) is 0 Å². The molecular formula is C27H25N3O5. The molecule has 3 aliphatic rings. The highest BCUT2D eigenvalue weighted by atomic mass is 16.5. The van der Waals surface area contributed by atoms with Gasteiger partial charge in [0.1, 0.15) is 11.5 Å². The summed E-state index contributed by atoms with van der Waals surface area (Å²) >= 11 is 0. The molecule has 8 nitrogen and oxygen atoms in total. The van der Waals surface area contributed by atoms with E-state index in [1.165, 1.54) is 10.6 Å². The lowest BCUT2D eigenvalue weighted by Gasteiger charge is -2.32. The molecule has 0 bridgehead atoms. The van der Waals surface area contributed by atoms with Gasteiger partial charge >= 0.3 is 0 Å². The summed E-state index contributed by atoms with van der Waals surface area (Å²) in [5.41, 5.74) is 2.18. The number of piperidine rings is 1. The molecule has 0 aliphatic carbocycles. The number of morpholine rings is 1. The largest absolute Gasteiger partial charge is 0.457 e. The fourth-order valence-electron chi connectivity index (χ4n) is 5.00. The van der Waals surface area contributed by atoms with Gasteiger partial charge < -0.3 is 9.47 Å². The molecule has 0 N–H and O–H groups in total. The summed E-state index contributed by atoms with van der Waals surface area (Å²) in [6.07, 6.45) is 1.01. The number of ether oxygens (including phenoxy) is 2. The minimum absolute atomic E-state index is 0.248. The van der Waals surface area contributed by atoms with Crippen molar-refractivity contribution in [2.45, 2.75) is 25.8 Å². The van der Waals surface area contributed by atoms with Crippen LogP contribution in [0.4, 0.5) is 5.69 Å². The van der Waals surface area contributed by atoms with Gasteiger partial charge in [-0.1, -0.05) is 24.3 Å². The number of anilines is 1. The van der Waals surface area contributed by atoms with Crippen molar-refractivity contribution in [2.24, 2.45) is 0 Å². The van der Waals surface area contributed by atoms with Crippen LogP contribution >= 0.6 is 0 Å².